The molecule has 12 heteroatoms. The molecule has 1 saturated heterocycles. The number of nitrogens with zero attached hydrogens (tertiary/aromatic N) is 4. The van der Waals surface area contributed by atoms with Crippen LogP contribution in [0.2, 0.25) is 0 Å². The molecular formula is C29H28F3N7O2. The van der Waals surface area contributed by atoms with Crippen LogP contribution in [0.1, 0.15) is 6.92 Å². The number of halogens is 3. The number of rotatable bonds is 6. The normalized spacial score (nSPS) is 14.1. The van der Waals surface area contributed by atoms with E-state index in [1.54, 1.807) is 30.5 Å². The Morgan fingerprint density at radius 2 is 1.61 bits per heavy atom. The summed E-state index contributed by atoms with van der Waals surface area (Å²) in [5.41, 5.74) is 4.02. The van der Waals surface area contributed by atoms with Gasteiger partial charge in [0.25, 0.3) is 0 Å². The van der Waals surface area contributed by atoms with E-state index >= 15 is 0 Å². The van der Waals surface area contributed by atoms with E-state index in [0.717, 1.165) is 29.6 Å². The lowest BCUT2D eigenvalue weighted by molar-refractivity contribution is -0.167. The largest absolute Gasteiger partial charge is 0.471 e. The fourth-order valence-corrected chi connectivity index (χ4v) is 4.64. The van der Waals surface area contributed by atoms with Crippen molar-refractivity contribution in [3.05, 3.63) is 66.9 Å². The van der Waals surface area contributed by atoms with Gasteiger partial charge >= 0.3 is 12.1 Å². The zero-order chi connectivity index (χ0) is 29.1. The zero-order valence-corrected chi connectivity index (χ0v) is 22.4. The molecule has 1 aromatic heterocycles. The van der Waals surface area contributed by atoms with E-state index in [1.807, 2.05) is 47.6 Å². The Balaban J connectivity index is 1.45. The summed E-state index contributed by atoms with van der Waals surface area (Å²) >= 11 is 0. The highest BCUT2D eigenvalue weighted by Crippen LogP contribution is 2.33. The van der Waals surface area contributed by atoms with Crippen LogP contribution in [-0.4, -0.2) is 66.1 Å². The van der Waals surface area contributed by atoms with Crippen LogP contribution in [0.15, 0.2) is 66.9 Å². The van der Waals surface area contributed by atoms with Crippen LogP contribution < -0.4 is 20.9 Å². The summed E-state index contributed by atoms with van der Waals surface area (Å²) in [7, 11) is 1.98. The monoisotopic (exact) mass is 563 g/mol. The van der Waals surface area contributed by atoms with Gasteiger partial charge in [-0.05, 0) is 42.9 Å². The molecule has 5 rings (SSSR count). The Labute approximate surface area is 234 Å². The van der Waals surface area contributed by atoms with Gasteiger partial charge in [-0.15, -0.1) is 0 Å². The van der Waals surface area contributed by atoms with Gasteiger partial charge in [0, 0.05) is 61.6 Å². The molecule has 0 radical (unpaired) electrons. The smallest absolute Gasteiger partial charge is 0.367 e. The molecule has 1 aliphatic rings. The topological polar surface area (TPSA) is 102 Å². The minimum atomic E-state index is -5.03. The zero-order valence-electron chi connectivity index (χ0n) is 22.4. The maximum absolute atomic E-state index is 13.1. The first-order chi connectivity index (χ1) is 19.6. The first-order valence-corrected chi connectivity index (χ1v) is 12.9. The van der Waals surface area contributed by atoms with E-state index < -0.39 is 12.1 Å². The number of alkyl halides is 3. The quantitative estimate of drug-likeness (QED) is 0.295. The van der Waals surface area contributed by atoms with E-state index in [9.17, 15) is 22.8 Å². The van der Waals surface area contributed by atoms with Crippen LogP contribution in [0.25, 0.3) is 22.0 Å². The second kappa shape index (κ2) is 11.4. The highest BCUT2D eigenvalue weighted by atomic mass is 19.4. The number of piperazine rings is 1. The molecule has 0 saturated carbocycles. The number of aromatic nitrogens is 2. The van der Waals surface area contributed by atoms with Gasteiger partial charge < -0.3 is 25.8 Å². The van der Waals surface area contributed by atoms with E-state index in [0.29, 0.717) is 35.7 Å². The van der Waals surface area contributed by atoms with Crippen molar-refractivity contribution in [3.63, 3.8) is 0 Å². The molecule has 3 aromatic carbocycles. The Morgan fingerprint density at radius 1 is 0.902 bits per heavy atom. The molecule has 41 heavy (non-hydrogen) atoms. The maximum atomic E-state index is 13.1. The number of para-hydroxylation sites is 1. The summed E-state index contributed by atoms with van der Waals surface area (Å²) < 4.78 is 39.4. The molecule has 9 nitrogen and oxygen atoms in total. The Hall–Kier alpha value is -4.71. The van der Waals surface area contributed by atoms with Gasteiger partial charge in [-0.1, -0.05) is 30.3 Å². The average molecular weight is 564 g/mol. The predicted molar refractivity (Wildman–Crippen MR) is 153 cm³/mol. The summed E-state index contributed by atoms with van der Waals surface area (Å²) in [6.07, 6.45) is -3.37. The molecule has 212 valence electrons. The van der Waals surface area contributed by atoms with Crippen molar-refractivity contribution < 1.29 is 22.8 Å². The average Bonchev–Trinajstić information content (AvgIpc) is 2.93. The third kappa shape index (κ3) is 6.55. The van der Waals surface area contributed by atoms with Gasteiger partial charge in [0.2, 0.25) is 11.9 Å². The summed E-state index contributed by atoms with van der Waals surface area (Å²) in [5.74, 6) is -1.97. The number of likely N-dealkylation sites (N-methyl/N-ethyl adjacent to an activating group) is 1. The standard InChI is InChI=1S/C29H28F3N7O2/c1-18(40)34-21-8-6-19(7-9-21)23-5-3-4-20-17-33-28(37-26(20)23)35-22-10-11-25(39-14-12-38(2)13-15-39)24(16-22)36-27(41)29(30,31)32/h3-11,16-17H,12-15H2,1-2H3,(H,34,40)(H,36,41)(H,33,35,37). The number of hydrogen-bond donors (Lipinski definition) is 3. The third-order valence-electron chi connectivity index (χ3n) is 6.73. The summed E-state index contributed by atoms with van der Waals surface area (Å²) in [6, 6.07) is 17.9. The van der Waals surface area contributed by atoms with Gasteiger partial charge in [0.1, 0.15) is 0 Å². The number of hydrogen-bond acceptors (Lipinski definition) is 7. The molecule has 0 spiro atoms. The number of carbonyl (C=O) groups excluding carboxylic acids is 2. The molecule has 2 amide bonds. The minimum absolute atomic E-state index is 0.0441. The Morgan fingerprint density at radius 3 is 2.29 bits per heavy atom. The molecule has 0 bridgehead atoms. The van der Waals surface area contributed by atoms with Crippen LogP contribution in [0.3, 0.4) is 0 Å². The lowest BCUT2D eigenvalue weighted by atomic mass is 10.0. The van der Waals surface area contributed by atoms with Crippen molar-refractivity contribution >= 4 is 51.4 Å². The number of amides is 2. The molecule has 2 heterocycles. The van der Waals surface area contributed by atoms with Crippen molar-refractivity contribution in [2.75, 3.05) is 54.1 Å². The van der Waals surface area contributed by atoms with Gasteiger partial charge in [0.05, 0.1) is 16.9 Å². The van der Waals surface area contributed by atoms with Gasteiger partial charge in [-0.2, -0.15) is 13.2 Å². The van der Waals surface area contributed by atoms with Crippen LogP contribution >= 0.6 is 0 Å². The third-order valence-corrected chi connectivity index (χ3v) is 6.73. The molecular weight excluding hydrogens is 535 g/mol. The van der Waals surface area contributed by atoms with Crippen LogP contribution in [0, 0.1) is 0 Å². The van der Waals surface area contributed by atoms with Crippen molar-refractivity contribution in [1.29, 1.82) is 0 Å². The first-order valence-electron chi connectivity index (χ1n) is 12.9. The first kappa shape index (κ1) is 27.8. The van der Waals surface area contributed by atoms with E-state index in [1.165, 1.54) is 13.0 Å². The molecule has 1 aliphatic heterocycles. The van der Waals surface area contributed by atoms with Crippen molar-refractivity contribution in [3.8, 4) is 11.1 Å². The number of anilines is 5. The fourth-order valence-electron chi connectivity index (χ4n) is 4.64. The molecule has 0 unspecified atom stereocenters. The number of fused-ring (bicyclic) bond motifs is 1. The lowest BCUT2D eigenvalue weighted by Crippen LogP contribution is -2.45. The lowest BCUT2D eigenvalue weighted by Gasteiger charge is -2.35. The summed E-state index contributed by atoms with van der Waals surface area (Å²) in [4.78, 5) is 36.4. The second-order valence-electron chi connectivity index (χ2n) is 9.79. The molecule has 1 fully saturated rings. The maximum Gasteiger partial charge on any atom is 0.471 e. The number of benzene rings is 3. The van der Waals surface area contributed by atoms with Crippen LogP contribution in [0.4, 0.5) is 41.9 Å². The van der Waals surface area contributed by atoms with Gasteiger partial charge in [-0.25, -0.2) is 9.97 Å². The second-order valence-corrected chi connectivity index (χ2v) is 9.79. The van der Waals surface area contributed by atoms with Crippen molar-refractivity contribution in [1.82, 2.24) is 14.9 Å². The number of carbonyl (C=O) groups is 2. The minimum Gasteiger partial charge on any atom is -0.367 e. The van der Waals surface area contributed by atoms with E-state index in [-0.39, 0.29) is 17.5 Å². The predicted octanol–water partition coefficient (Wildman–Crippen LogP) is 5.25. The van der Waals surface area contributed by atoms with Crippen molar-refractivity contribution in [2.24, 2.45) is 0 Å². The van der Waals surface area contributed by atoms with Gasteiger partial charge in [0.15, 0.2) is 0 Å². The Bertz CT molecular complexity index is 1580. The van der Waals surface area contributed by atoms with E-state index in [2.05, 4.69) is 20.5 Å². The molecule has 4 aromatic rings. The Kier molecular flexibility index (Phi) is 7.75. The van der Waals surface area contributed by atoms with Crippen LogP contribution in [-0.2, 0) is 9.59 Å². The summed E-state index contributed by atoms with van der Waals surface area (Å²) in [5, 5.41) is 8.64. The highest BCUT2D eigenvalue weighted by Gasteiger charge is 2.39. The number of nitrogens with one attached hydrogen (secondary N) is 3. The van der Waals surface area contributed by atoms with E-state index in [4.69, 9.17) is 4.98 Å². The van der Waals surface area contributed by atoms with Crippen molar-refractivity contribution in [2.45, 2.75) is 13.1 Å². The molecule has 0 atom stereocenters. The highest BCUT2D eigenvalue weighted by molar-refractivity contribution is 5.99. The molecule has 3 N–H and O–H groups in total. The molecule has 0 aliphatic carbocycles. The van der Waals surface area contributed by atoms with Crippen LogP contribution in [0.5, 0.6) is 0 Å². The SMILES string of the molecule is CC(=O)Nc1ccc(-c2cccc3cnc(Nc4ccc(N5CCN(C)CC5)c(NC(=O)C(F)(F)F)c4)nc23)cc1. The fraction of sp³-hybridized carbons (Fsp3) is 0.241. The van der Waals surface area contributed by atoms with Gasteiger partial charge in [-0.3, -0.25) is 9.59 Å². The summed E-state index contributed by atoms with van der Waals surface area (Å²) in [6.45, 7) is 4.16.